The minimum atomic E-state index is -0.110. The summed E-state index contributed by atoms with van der Waals surface area (Å²) in [7, 11) is 0. The summed E-state index contributed by atoms with van der Waals surface area (Å²) in [6.45, 7) is 1.99. The van der Waals surface area contributed by atoms with E-state index in [2.05, 4.69) is 33.2 Å². The number of benzene rings is 2. The first-order valence-corrected chi connectivity index (χ1v) is 9.26. The average Bonchev–Trinajstić information content (AvgIpc) is 2.52. The molecule has 6 heteroatoms. The van der Waals surface area contributed by atoms with Crippen LogP contribution in [0.15, 0.2) is 48.5 Å². The van der Waals surface area contributed by atoms with Gasteiger partial charge in [0.25, 0.3) is 0 Å². The van der Waals surface area contributed by atoms with Crippen LogP contribution in [0.1, 0.15) is 5.56 Å². The first-order chi connectivity index (χ1) is 11.0. The topological polar surface area (TPSA) is 58.2 Å². The molecule has 2 N–H and O–H groups in total. The molecule has 0 bridgehead atoms. The van der Waals surface area contributed by atoms with Gasteiger partial charge in [0.05, 0.1) is 17.2 Å². The Morgan fingerprint density at radius 2 is 1.57 bits per heavy atom. The van der Waals surface area contributed by atoms with Crippen molar-refractivity contribution in [3.63, 3.8) is 0 Å². The lowest BCUT2D eigenvalue weighted by molar-refractivity contribution is -0.114. The van der Waals surface area contributed by atoms with Crippen LogP contribution in [0.4, 0.5) is 11.4 Å². The van der Waals surface area contributed by atoms with Crippen LogP contribution in [0.2, 0.25) is 0 Å². The summed E-state index contributed by atoms with van der Waals surface area (Å²) in [4.78, 5) is 23.7. The molecule has 23 heavy (non-hydrogen) atoms. The second-order valence-electron chi connectivity index (χ2n) is 4.94. The molecule has 2 rings (SSSR count). The number of rotatable bonds is 6. The number of anilines is 2. The van der Waals surface area contributed by atoms with E-state index < -0.39 is 0 Å². The summed E-state index contributed by atoms with van der Waals surface area (Å²) in [5.41, 5.74) is 2.71. The summed E-state index contributed by atoms with van der Waals surface area (Å²) < 4.78 is 0.987. The molecular formula is C17H17IN2O2S. The molecule has 2 amide bonds. The third-order valence-corrected chi connectivity index (χ3v) is 4.82. The number of hydrogen-bond acceptors (Lipinski definition) is 3. The van der Waals surface area contributed by atoms with Crippen LogP contribution in [0.5, 0.6) is 0 Å². The van der Waals surface area contributed by atoms with Gasteiger partial charge in [-0.1, -0.05) is 29.8 Å². The lowest BCUT2D eigenvalue weighted by Crippen LogP contribution is -2.18. The van der Waals surface area contributed by atoms with Gasteiger partial charge in [0.15, 0.2) is 0 Å². The van der Waals surface area contributed by atoms with Crippen molar-refractivity contribution in [3.8, 4) is 0 Å². The maximum atomic E-state index is 11.9. The lowest BCUT2D eigenvalue weighted by atomic mass is 10.2. The number of halogens is 1. The van der Waals surface area contributed by atoms with E-state index in [9.17, 15) is 9.59 Å². The van der Waals surface area contributed by atoms with E-state index in [1.54, 1.807) is 0 Å². The van der Waals surface area contributed by atoms with Gasteiger partial charge in [-0.25, -0.2) is 0 Å². The van der Waals surface area contributed by atoms with E-state index in [4.69, 9.17) is 0 Å². The van der Waals surface area contributed by atoms with Crippen LogP contribution >= 0.6 is 34.4 Å². The third kappa shape index (κ3) is 6.23. The molecule has 2 aromatic carbocycles. The number of amides is 2. The van der Waals surface area contributed by atoms with Crippen LogP contribution in [-0.4, -0.2) is 23.3 Å². The molecule has 2 aromatic rings. The quantitative estimate of drug-likeness (QED) is 0.670. The number of nitrogens with one attached hydrogen (secondary N) is 2. The van der Waals surface area contributed by atoms with Gasteiger partial charge in [-0.2, -0.15) is 0 Å². The fourth-order valence-corrected chi connectivity index (χ4v) is 2.96. The minimum absolute atomic E-state index is 0.109. The molecule has 120 valence electrons. The zero-order valence-corrected chi connectivity index (χ0v) is 15.6. The molecule has 0 atom stereocenters. The van der Waals surface area contributed by atoms with Gasteiger partial charge in [-0.05, 0) is 53.8 Å². The van der Waals surface area contributed by atoms with Crippen LogP contribution in [-0.2, 0) is 9.59 Å². The highest BCUT2D eigenvalue weighted by molar-refractivity contribution is 14.1. The first kappa shape index (κ1) is 17.8. The van der Waals surface area contributed by atoms with Gasteiger partial charge >= 0.3 is 0 Å². The van der Waals surface area contributed by atoms with E-state index in [1.165, 1.54) is 11.8 Å². The normalized spacial score (nSPS) is 10.2. The van der Waals surface area contributed by atoms with Crippen molar-refractivity contribution in [1.82, 2.24) is 0 Å². The second kappa shape index (κ2) is 8.93. The monoisotopic (exact) mass is 440 g/mol. The summed E-state index contributed by atoms with van der Waals surface area (Å²) in [5.74, 6) is 0.266. The standard InChI is InChI=1S/C17H17IN2O2S/c1-12-6-8-13(9-7-12)19-16(21)10-23-11-17(22)20-15-5-3-2-4-14(15)18/h2-9H,10-11H2,1H3,(H,19,21)(H,20,22). The Labute approximate surface area is 153 Å². The van der Waals surface area contributed by atoms with Gasteiger partial charge in [-0.3, -0.25) is 9.59 Å². The van der Waals surface area contributed by atoms with Gasteiger partial charge in [0, 0.05) is 9.26 Å². The van der Waals surface area contributed by atoms with Crippen LogP contribution < -0.4 is 10.6 Å². The molecule has 0 saturated heterocycles. The highest BCUT2D eigenvalue weighted by Crippen LogP contribution is 2.17. The number of thioether (sulfide) groups is 1. The molecule has 0 spiro atoms. The van der Waals surface area contributed by atoms with Crippen LogP contribution in [0.3, 0.4) is 0 Å². The van der Waals surface area contributed by atoms with Gasteiger partial charge in [0.1, 0.15) is 0 Å². The van der Waals surface area contributed by atoms with E-state index in [0.717, 1.165) is 20.5 Å². The van der Waals surface area contributed by atoms with Crippen molar-refractivity contribution in [2.24, 2.45) is 0 Å². The van der Waals surface area contributed by atoms with E-state index in [0.29, 0.717) is 0 Å². The minimum Gasteiger partial charge on any atom is -0.325 e. The molecule has 0 aromatic heterocycles. The molecule has 0 fully saturated rings. The maximum Gasteiger partial charge on any atom is 0.234 e. The number of para-hydroxylation sites is 1. The first-order valence-electron chi connectivity index (χ1n) is 7.03. The van der Waals surface area contributed by atoms with Crippen molar-refractivity contribution in [2.45, 2.75) is 6.92 Å². The molecule has 0 radical (unpaired) electrons. The molecule has 0 saturated carbocycles. The fourth-order valence-electron chi connectivity index (χ4n) is 1.82. The Kier molecular flexibility index (Phi) is 6.91. The van der Waals surface area contributed by atoms with E-state index in [1.807, 2.05) is 55.5 Å². The number of aryl methyl sites for hydroxylation is 1. The summed E-state index contributed by atoms with van der Waals surface area (Å²) >= 11 is 3.46. The van der Waals surface area contributed by atoms with E-state index in [-0.39, 0.29) is 23.3 Å². The average molecular weight is 440 g/mol. The molecule has 0 aliphatic rings. The van der Waals surface area contributed by atoms with Gasteiger partial charge in [0.2, 0.25) is 11.8 Å². The largest absolute Gasteiger partial charge is 0.325 e. The highest BCUT2D eigenvalue weighted by Gasteiger charge is 2.07. The molecule has 0 heterocycles. The van der Waals surface area contributed by atoms with Crippen molar-refractivity contribution < 1.29 is 9.59 Å². The van der Waals surface area contributed by atoms with E-state index >= 15 is 0 Å². The SMILES string of the molecule is Cc1ccc(NC(=O)CSCC(=O)Nc2ccccc2I)cc1. The number of carbonyl (C=O) groups is 2. The molecule has 0 aliphatic heterocycles. The molecule has 0 unspecified atom stereocenters. The molecular weight excluding hydrogens is 423 g/mol. The lowest BCUT2D eigenvalue weighted by Gasteiger charge is -2.07. The zero-order chi connectivity index (χ0) is 16.7. The Balaban J connectivity index is 1.72. The third-order valence-electron chi connectivity index (χ3n) is 2.95. The predicted molar refractivity (Wildman–Crippen MR) is 105 cm³/mol. The van der Waals surface area contributed by atoms with Crippen molar-refractivity contribution in [2.75, 3.05) is 22.1 Å². The van der Waals surface area contributed by atoms with Crippen molar-refractivity contribution >= 4 is 57.5 Å². The Bertz CT molecular complexity index is 689. The molecule has 0 aliphatic carbocycles. The van der Waals surface area contributed by atoms with Crippen LogP contribution in [0.25, 0.3) is 0 Å². The van der Waals surface area contributed by atoms with Crippen LogP contribution in [0, 0.1) is 10.5 Å². The zero-order valence-electron chi connectivity index (χ0n) is 12.6. The maximum absolute atomic E-state index is 11.9. The smallest absolute Gasteiger partial charge is 0.234 e. The predicted octanol–water partition coefficient (Wildman–Crippen LogP) is 3.91. The summed E-state index contributed by atoms with van der Waals surface area (Å²) in [6, 6.07) is 15.2. The Hall–Kier alpha value is -1.54. The molecule has 4 nitrogen and oxygen atoms in total. The highest BCUT2D eigenvalue weighted by atomic mass is 127. The van der Waals surface area contributed by atoms with Crippen molar-refractivity contribution in [3.05, 3.63) is 57.7 Å². The number of hydrogen-bond donors (Lipinski definition) is 2. The second-order valence-corrected chi connectivity index (χ2v) is 7.08. The van der Waals surface area contributed by atoms with Crippen molar-refractivity contribution in [1.29, 1.82) is 0 Å². The summed E-state index contributed by atoms with van der Waals surface area (Å²) in [6.07, 6.45) is 0. The van der Waals surface area contributed by atoms with Gasteiger partial charge in [-0.15, -0.1) is 11.8 Å². The van der Waals surface area contributed by atoms with Gasteiger partial charge < -0.3 is 10.6 Å². The Morgan fingerprint density at radius 1 is 0.957 bits per heavy atom. The summed E-state index contributed by atoms with van der Waals surface area (Å²) in [5, 5.41) is 5.65. The number of carbonyl (C=O) groups excluding carboxylic acids is 2. The fraction of sp³-hybridized carbons (Fsp3) is 0.176. The Morgan fingerprint density at radius 3 is 2.22 bits per heavy atom.